The maximum absolute atomic E-state index is 12.6. The molecule has 158 valence electrons. The van der Waals surface area contributed by atoms with Crippen LogP contribution in [0.3, 0.4) is 0 Å². The van der Waals surface area contributed by atoms with Gasteiger partial charge in [0.05, 0.1) is 21.0 Å². The third-order valence-corrected chi connectivity index (χ3v) is 4.54. The number of ketones is 1. The molecule has 0 unspecified atom stereocenters. The average Bonchev–Trinajstić information content (AvgIpc) is 3.08. The van der Waals surface area contributed by atoms with Crippen molar-refractivity contribution in [1.82, 2.24) is 0 Å². The van der Waals surface area contributed by atoms with Gasteiger partial charge in [0.2, 0.25) is 5.78 Å². The fraction of sp³-hybridized carbons (Fsp3) is 0. The molecule has 10 heteroatoms. The van der Waals surface area contributed by atoms with Crippen LogP contribution in [0.1, 0.15) is 26.3 Å². The van der Waals surface area contributed by atoms with Crippen LogP contribution in [0.25, 0.3) is 6.08 Å². The Hall–Kier alpha value is -4.86. The third-order valence-electron chi connectivity index (χ3n) is 4.54. The van der Waals surface area contributed by atoms with E-state index in [4.69, 9.17) is 9.47 Å². The van der Waals surface area contributed by atoms with Crippen molar-refractivity contribution in [3.8, 4) is 11.5 Å². The van der Waals surface area contributed by atoms with Crippen LogP contribution in [-0.2, 0) is 0 Å². The number of benzene rings is 3. The maximum atomic E-state index is 12.6. The first kappa shape index (κ1) is 20.4. The summed E-state index contributed by atoms with van der Waals surface area (Å²) >= 11 is 0. The Morgan fingerprint density at radius 1 is 0.906 bits per heavy atom. The molecular weight excluding hydrogens is 420 g/mol. The number of hydrogen-bond acceptors (Lipinski definition) is 8. The molecule has 0 radical (unpaired) electrons. The predicted molar refractivity (Wildman–Crippen MR) is 111 cm³/mol. The van der Waals surface area contributed by atoms with Gasteiger partial charge in [-0.3, -0.25) is 25.0 Å². The van der Waals surface area contributed by atoms with Crippen LogP contribution in [0.4, 0.5) is 11.4 Å². The van der Waals surface area contributed by atoms with E-state index in [1.54, 1.807) is 6.07 Å². The maximum Gasteiger partial charge on any atom is 0.343 e. The number of esters is 1. The van der Waals surface area contributed by atoms with Crippen LogP contribution in [0.5, 0.6) is 11.5 Å². The molecule has 0 atom stereocenters. The van der Waals surface area contributed by atoms with Crippen LogP contribution < -0.4 is 9.47 Å². The minimum Gasteiger partial charge on any atom is -0.452 e. The highest BCUT2D eigenvalue weighted by Crippen LogP contribution is 2.35. The van der Waals surface area contributed by atoms with Crippen LogP contribution in [0.15, 0.2) is 72.5 Å². The van der Waals surface area contributed by atoms with Gasteiger partial charge in [0.15, 0.2) is 5.76 Å². The van der Waals surface area contributed by atoms with E-state index in [2.05, 4.69) is 0 Å². The fourth-order valence-corrected chi connectivity index (χ4v) is 3.00. The number of nitro groups is 2. The molecule has 0 saturated heterocycles. The first-order chi connectivity index (χ1) is 15.3. The van der Waals surface area contributed by atoms with E-state index >= 15 is 0 Å². The highest BCUT2D eigenvalue weighted by Gasteiger charge is 2.28. The van der Waals surface area contributed by atoms with Crippen molar-refractivity contribution < 1.29 is 28.9 Å². The van der Waals surface area contributed by atoms with Gasteiger partial charge in [0.1, 0.15) is 11.5 Å². The smallest absolute Gasteiger partial charge is 0.343 e. The number of allylic oxidation sites excluding steroid dienone is 1. The van der Waals surface area contributed by atoms with Gasteiger partial charge in [-0.2, -0.15) is 0 Å². The first-order valence-electron chi connectivity index (χ1n) is 9.11. The Balaban J connectivity index is 1.53. The predicted octanol–water partition coefficient (Wildman–Crippen LogP) is 4.34. The number of nitro benzene ring substituents is 2. The Bertz CT molecular complexity index is 1310. The van der Waals surface area contributed by atoms with E-state index < -0.39 is 21.6 Å². The highest BCUT2D eigenvalue weighted by molar-refractivity contribution is 6.14. The zero-order chi connectivity index (χ0) is 22.8. The lowest BCUT2D eigenvalue weighted by molar-refractivity contribution is -0.385. The monoisotopic (exact) mass is 432 g/mol. The van der Waals surface area contributed by atoms with Gasteiger partial charge in [-0.25, -0.2) is 4.79 Å². The Labute approximate surface area is 179 Å². The van der Waals surface area contributed by atoms with Crippen molar-refractivity contribution in [2.75, 3.05) is 0 Å². The van der Waals surface area contributed by atoms with E-state index in [9.17, 15) is 29.8 Å². The summed E-state index contributed by atoms with van der Waals surface area (Å²) in [6, 6.07) is 14.9. The van der Waals surface area contributed by atoms with E-state index in [1.165, 1.54) is 66.7 Å². The molecule has 1 aliphatic heterocycles. The van der Waals surface area contributed by atoms with Crippen molar-refractivity contribution in [3.05, 3.63) is 109 Å². The molecule has 32 heavy (non-hydrogen) atoms. The quantitative estimate of drug-likeness (QED) is 0.191. The minimum atomic E-state index is -0.739. The number of hydrogen-bond donors (Lipinski definition) is 0. The number of fused-ring (bicyclic) bond motifs is 1. The van der Waals surface area contributed by atoms with Crippen molar-refractivity contribution in [2.45, 2.75) is 0 Å². The number of Topliss-reactive ketones (excluding diaryl/α,β-unsaturated/α-hetero) is 1. The fourth-order valence-electron chi connectivity index (χ4n) is 3.00. The molecule has 10 nitrogen and oxygen atoms in total. The molecule has 0 saturated carbocycles. The average molecular weight is 432 g/mol. The lowest BCUT2D eigenvalue weighted by Crippen LogP contribution is -2.08. The largest absolute Gasteiger partial charge is 0.452 e. The Kier molecular flexibility index (Phi) is 5.17. The number of ether oxygens (including phenoxy) is 2. The molecule has 1 heterocycles. The van der Waals surface area contributed by atoms with Crippen LogP contribution in [0, 0.1) is 20.2 Å². The van der Waals surface area contributed by atoms with E-state index in [0.29, 0.717) is 5.56 Å². The molecule has 4 rings (SSSR count). The molecule has 0 amide bonds. The summed E-state index contributed by atoms with van der Waals surface area (Å²) in [4.78, 5) is 45.4. The molecule has 1 aliphatic rings. The van der Waals surface area contributed by atoms with Gasteiger partial charge in [-0.1, -0.05) is 12.1 Å². The molecule has 0 N–H and O–H groups in total. The number of non-ortho nitro benzene ring substituents is 2. The molecule has 0 bridgehead atoms. The highest BCUT2D eigenvalue weighted by atomic mass is 16.6. The van der Waals surface area contributed by atoms with Crippen LogP contribution in [-0.4, -0.2) is 21.6 Å². The summed E-state index contributed by atoms with van der Waals surface area (Å²) in [5.41, 5.74) is 0.494. The topological polar surface area (TPSA) is 139 Å². The zero-order valence-electron chi connectivity index (χ0n) is 16.1. The summed E-state index contributed by atoms with van der Waals surface area (Å²) in [7, 11) is 0. The second kappa shape index (κ2) is 8.11. The first-order valence-corrected chi connectivity index (χ1v) is 9.11. The van der Waals surface area contributed by atoms with Crippen molar-refractivity contribution >= 4 is 29.2 Å². The Morgan fingerprint density at radius 3 is 2.31 bits per heavy atom. The second-order valence-electron chi connectivity index (χ2n) is 6.64. The number of carbonyl (C=O) groups excluding carboxylic acids is 2. The summed E-state index contributed by atoms with van der Waals surface area (Å²) < 4.78 is 10.8. The molecule has 3 aromatic carbocycles. The molecule has 3 aromatic rings. The van der Waals surface area contributed by atoms with Crippen molar-refractivity contribution in [3.63, 3.8) is 0 Å². The summed E-state index contributed by atoms with van der Waals surface area (Å²) in [5, 5.41) is 21.6. The van der Waals surface area contributed by atoms with Gasteiger partial charge in [0, 0.05) is 30.3 Å². The molecular formula is C22H12N2O8. The number of nitrogens with zero attached hydrogens (tertiary/aromatic N) is 2. The lowest BCUT2D eigenvalue weighted by Gasteiger charge is -2.05. The van der Waals surface area contributed by atoms with E-state index in [0.717, 1.165) is 0 Å². The van der Waals surface area contributed by atoms with Crippen LogP contribution >= 0.6 is 0 Å². The Morgan fingerprint density at radius 2 is 1.62 bits per heavy atom. The van der Waals surface area contributed by atoms with E-state index in [-0.39, 0.29) is 39.8 Å². The summed E-state index contributed by atoms with van der Waals surface area (Å²) in [6.45, 7) is 0. The van der Waals surface area contributed by atoms with Gasteiger partial charge in [-0.15, -0.1) is 0 Å². The molecule has 0 aromatic heterocycles. The lowest BCUT2D eigenvalue weighted by atomic mass is 10.1. The summed E-state index contributed by atoms with van der Waals surface area (Å²) in [6.07, 6.45) is 1.39. The van der Waals surface area contributed by atoms with Gasteiger partial charge >= 0.3 is 5.97 Å². The van der Waals surface area contributed by atoms with Crippen molar-refractivity contribution in [1.29, 1.82) is 0 Å². The van der Waals surface area contributed by atoms with Gasteiger partial charge in [0.25, 0.3) is 11.4 Å². The third kappa shape index (κ3) is 4.05. The molecule has 0 fully saturated rings. The van der Waals surface area contributed by atoms with Gasteiger partial charge in [-0.05, 0) is 35.9 Å². The second-order valence-corrected chi connectivity index (χ2v) is 6.64. The number of carbonyl (C=O) groups is 2. The normalized spacial score (nSPS) is 13.4. The summed E-state index contributed by atoms with van der Waals surface area (Å²) in [5.74, 6) is -0.909. The number of rotatable bonds is 5. The van der Waals surface area contributed by atoms with E-state index in [1.807, 2.05) is 0 Å². The minimum absolute atomic E-state index is 0.0284. The molecule has 0 spiro atoms. The standard InChI is InChI=1S/C22H12N2O8/c25-21-18-9-8-17(31-22(26)14-4-6-15(7-5-14)23(27)28)12-19(18)32-20(21)11-13-2-1-3-16(10-13)24(29)30/h1-12H. The zero-order valence-corrected chi connectivity index (χ0v) is 16.1. The SMILES string of the molecule is O=C(Oc1ccc2c(c1)OC(=Cc1cccc([N+](=O)[O-])c1)C2=O)c1ccc([N+](=O)[O-])cc1. The van der Waals surface area contributed by atoms with Crippen LogP contribution in [0.2, 0.25) is 0 Å². The van der Waals surface area contributed by atoms with Gasteiger partial charge < -0.3 is 9.47 Å². The molecule has 0 aliphatic carbocycles. The van der Waals surface area contributed by atoms with Crippen molar-refractivity contribution in [2.24, 2.45) is 0 Å².